The van der Waals surface area contributed by atoms with E-state index in [2.05, 4.69) is 57.8 Å². The molecule has 3 rings (SSSR count). The van der Waals surface area contributed by atoms with Crippen LogP contribution in [0.5, 0.6) is 0 Å². The van der Waals surface area contributed by atoms with Crippen LogP contribution in [0.25, 0.3) is 10.9 Å². The van der Waals surface area contributed by atoms with E-state index in [-0.39, 0.29) is 18.3 Å². The van der Waals surface area contributed by atoms with E-state index in [0.29, 0.717) is 0 Å². The minimum Gasteiger partial charge on any atom is -0.399 e. The smallest absolute Gasteiger partial charge is 0.399 e. The third-order valence-electron chi connectivity index (χ3n) is 4.58. The maximum atomic E-state index is 6.13. The lowest BCUT2D eigenvalue weighted by molar-refractivity contribution is 0.00578. The van der Waals surface area contributed by atoms with Gasteiger partial charge in [-0.15, -0.1) is 0 Å². The van der Waals surface area contributed by atoms with Crippen LogP contribution < -0.4 is 5.46 Å². The fraction of sp³-hybridized carbons (Fsp3) is 0.438. The van der Waals surface area contributed by atoms with E-state index < -0.39 is 0 Å². The lowest BCUT2D eigenvalue weighted by Gasteiger charge is -2.32. The Balaban J connectivity index is 2.06. The summed E-state index contributed by atoms with van der Waals surface area (Å²) < 4.78 is 12.3. The quantitative estimate of drug-likeness (QED) is 0.746. The standard InChI is InChI=1S/C16H20BNO2/c1-11-13(9-8-12-7-6-10-18-14(11)12)17-19-15(2,3)16(4,5)20-17/h6-10H,1-5H3. The summed E-state index contributed by atoms with van der Waals surface area (Å²) in [5, 5.41) is 1.14. The first-order valence-corrected chi connectivity index (χ1v) is 7.02. The molecular formula is C16H20BNO2. The van der Waals surface area contributed by atoms with Gasteiger partial charge in [-0.2, -0.15) is 0 Å². The van der Waals surface area contributed by atoms with Gasteiger partial charge in [-0.25, -0.2) is 0 Å². The first-order valence-electron chi connectivity index (χ1n) is 7.02. The second-order valence-electron chi connectivity index (χ2n) is 6.44. The van der Waals surface area contributed by atoms with Crippen LogP contribution in [0.15, 0.2) is 30.5 Å². The van der Waals surface area contributed by atoms with E-state index in [4.69, 9.17) is 9.31 Å². The summed E-state index contributed by atoms with van der Waals surface area (Å²) in [6.45, 7) is 10.4. The van der Waals surface area contributed by atoms with Crippen LogP contribution in [0.4, 0.5) is 0 Å². The van der Waals surface area contributed by atoms with E-state index in [1.54, 1.807) is 0 Å². The zero-order chi connectivity index (χ0) is 14.5. The van der Waals surface area contributed by atoms with Crippen molar-refractivity contribution in [1.29, 1.82) is 0 Å². The molecule has 0 unspecified atom stereocenters. The van der Waals surface area contributed by atoms with E-state index in [1.165, 1.54) is 0 Å². The van der Waals surface area contributed by atoms with E-state index in [1.807, 2.05) is 12.3 Å². The average molecular weight is 269 g/mol. The molecule has 0 saturated carbocycles. The number of pyridine rings is 1. The SMILES string of the molecule is Cc1c(B2OC(C)(C)C(C)(C)O2)ccc2cccnc12. The van der Waals surface area contributed by atoms with E-state index in [9.17, 15) is 0 Å². The molecule has 0 N–H and O–H groups in total. The molecule has 4 heteroatoms. The maximum Gasteiger partial charge on any atom is 0.495 e. The molecule has 20 heavy (non-hydrogen) atoms. The number of fused-ring (bicyclic) bond motifs is 1. The fourth-order valence-electron chi connectivity index (χ4n) is 2.53. The lowest BCUT2D eigenvalue weighted by Crippen LogP contribution is -2.41. The highest BCUT2D eigenvalue weighted by Gasteiger charge is 2.52. The van der Waals surface area contributed by atoms with Crippen molar-refractivity contribution in [2.24, 2.45) is 0 Å². The molecule has 0 spiro atoms. The Morgan fingerprint density at radius 2 is 1.65 bits per heavy atom. The summed E-state index contributed by atoms with van der Waals surface area (Å²) in [4.78, 5) is 4.47. The predicted molar refractivity (Wildman–Crippen MR) is 82.2 cm³/mol. The average Bonchev–Trinajstić information content (AvgIpc) is 2.59. The van der Waals surface area contributed by atoms with Crippen molar-refractivity contribution in [3.8, 4) is 0 Å². The minimum atomic E-state index is -0.327. The van der Waals surface area contributed by atoms with Gasteiger partial charge in [0.25, 0.3) is 0 Å². The molecule has 104 valence electrons. The largest absolute Gasteiger partial charge is 0.495 e. The zero-order valence-corrected chi connectivity index (χ0v) is 12.7. The van der Waals surface area contributed by atoms with Crippen LogP contribution in [-0.4, -0.2) is 23.3 Å². The minimum absolute atomic E-state index is 0.316. The normalized spacial score (nSPS) is 20.6. The van der Waals surface area contributed by atoms with E-state index >= 15 is 0 Å². The van der Waals surface area contributed by atoms with Gasteiger partial charge in [0.1, 0.15) is 0 Å². The molecule has 1 aliphatic rings. The second kappa shape index (κ2) is 4.30. The number of rotatable bonds is 1. The number of aryl methyl sites for hydroxylation is 1. The van der Waals surface area contributed by atoms with Gasteiger partial charge in [-0.3, -0.25) is 4.98 Å². The number of benzene rings is 1. The highest BCUT2D eigenvalue weighted by atomic mass is 16.7. The van der Waals surface area contributed by atoms with Gasteiger partial charge in [0.2, 0.25) is 0 Å². The highest BCUT2D eigenvalue weighted by molar-refractivity contribution is 6.63. The fourth-order valence-corrected chi connectivity index (χ4v) is 2.53. The summed E-state index contributed by atoms with van der Waals surface area (Å²) >= 11 is 0. The molecule has 1 aromatic carbocycles. The molecule has 1 saturated heterocycles. The monoisotopic (exact) mass is 269 g/mol. The number of hydrogen-bond acceptors (Lipinski definition) is 3. The molecule has 0 amide bonds. The molecule has 0 aliphatic carbocycles. The van der Waals surface area contributed by atoms with Crippen molar-refractivity contribution in [3.63, 3.8) is 0 Å². The topological polar surface area (TPSA) is 31.4 Å². The summed E-state index contributed by atoms with van der Waals surface area (Å²) in [5.74, 6) is 0. The van der Waals surface area contributed by atoms with Crippen molar-refractivity contribution in [2.75, 3.05) is 0 Å². The van der Waals surface area contributed by atoms with Gasteiger partial charge in [0.05, 0.1) is 16.7 Å². The Morgan fingerprint density at radius 1 is 1.00 bits per heavy atom. The van der Waals surface area contributed by atoms with Crippen LogP contribution in [0, 0.1) is 6.92 Å². The third kappa shape index (κ3) is 1.95. The van der Waals surface area contributed by atoms with Crippen LogP contribution in [0.1, 0.15) is 33.3 Å². The molecule has 1 aromatic heterocycles. The van der Waals surface area contributed by atoms with Gasteiger partial charge < -0.3 is 9.31 Å². The van der Waals surface area contributed by atoms with Crippen molar-refractivity contribution in [2.45, 2.75) is 45.8 Å². The number of hydrogen-bond donors (Lipinski definition) is 0. The number of aromatic nitrogens is 1. The first kappa shape index (κ1) is 13.6. The maximum absolute atomic E-state index is 6.13. The Morgan fingerprint density at radius 3 is 2.30 bits per heavy atom. The summed E-state index contributed by atoms with van der Waals surface area (Å²) in [5.41, 5.74) is 2.57. The van der Waals surface area contributed by atoms with Crippen LogP contribution in [0.3, 0.4) is 0 Å². The molecule has 2 heterocycles. The Kier molecular flexibility index (Phi) is 2.92. The van der Waals surface area contributed by atoms with Gasteiger partial charge in [-0.1, -0.05) is 18.2 Å². The van der Waals surface area contributed by atoms with E-state index in [0.717, 1.165) is 21.9 Å². The van der Waals surface area contributed by atoms with Crippen molar-refractivity contribution in [1.82, 2.24) is 4.98 Å². The predicted octanol–water partition coefficient (Wildman–Crippen LogP) is 2.84. The van der Waals surface area contributed by atoms with Gasteiger partial charge in [0, 0.05) is 11.6 Å². The molecule has 1 aliphatic heterocycles. The van der Waals surface area contributed by atoms with Crippen molar-refractivity contribution < 1.29 is 9.31 Å². The van der Waals surface area contributed by atoms with Crippen molar-refractivity contribution >= 4 is 23.5 Å². The molecular weight excluding hydrogens is 249 g/mol. The van der Waals surface area contributed by atoms with Gasteiger partial charge >= 0.3 is 7.12 Å². The summed E-state index contributed by atoms with van der Waals surface area (Å²) in [6, 6.07) is 8.19. The van der Waals surface area contributed by atoms with Crippen LogP contribution >= 0.6 is 0 Å². The van der Waals surface area contributed by atoms with Crippen LogP contribution in [-0.2, 0) is 9.31 Å². The Bertz CT molecular complexity index is 651. The molecule has 0 bridgehead atoms. The molecule has 0 atom stereocenters. The first-order chi connectivity index (χ1) is 9.32. The molecule has 2 aromatic rings. The summed E-state index contributed by atoms with van der Waals surface area (Å²) in [7, 11) is -0.327. The van der Waals surface area contributed by atoms with Gasteiger partial charge in [-0.05, 0) is 51.7 Å². The Labute approximate surface area is 120 Å². The summed E-state index contributed by atoms with van der Waals surface area (Å²) in [6.07, 6.45) is 1.82. The third-order valence-corrected chi connectivity index (χ3v) is 4.58. The van der Waals surface area contributed by atoms with Gasteiger partial charge in [0.15, 0.2) is 0 Å². The second-order valence-corrected chi connectivity index (χ2v) is 6.44. The molecule has 0 radical (unpaired) electrons. The lowest BCUT2D eigenvalue weighted by atomic mass is 9.75. The van der Waals surface area contributed by atoms with Crippen LogP contribution in [0.2, 0.25) is 0 Å². The molecule has 3 nitrogen and oxygen atoms in total. The van der Waals surface area contributed by atoms with Crippen molar-refractivity contribution in [3.05, 3.63) is 36.0 Å². The zero-order valence-electron chi connectivity index (χ0n) is 12.7. The number of nitrogens with zero attached hydrogens (tertiary/aromatic N) is 1. The molecule has 1 fully saturated rings. The Hall–Kier alpha value is -1.39. The highest BCUT2D eigenvalue weighted by Crippen LogP contribution is 2.36.